The minimum atomic E-state index is -0.320. The van der Waals surface area contributed by atoms with E-state index in [1.165, 1.54) is 12.1 Å². The fraction of sp³-hybridized carbons (Fsp3) is 0.440. The van der Waals surface area contributed by atoms with Crippen LogP contribution in [0, 0.1) is 11.2 Å². The van der Waals surface area contributed by atoms with Crippen molar-refractivity contribution in [1.29, 1.82) is 0 Å². The van der Waals surface area contributed by atoms with Gasteiger partial charge in [-0.25, -0.2) is 4.39 Å². The van der Waals surface area contributed by atoms with Crippen LogP contribution in [-0.2, 0) is 22.7 Å². The number of nitrogens with zero attached hydrogens (tertiary/aromatic N) is 2. The second-order valence-corrected chi connectivity index (χ2v) is 9.26. The lowest BCUT2D eigenvalue weighted by molar-refractivity contribution is -0.132. The molecule has 0 saturated heterocycles. The van der Waals surface area contributed by atoms with Crippen molar-refractivity contribution in [2.75, 3.05) is 24.3 Å². The highest BCUT2D eigenvalue weighted by Gasteiger charge is 2.19. The Kier molecular flexibility index (Phi) is 8.20. The Hall–Kier alpha value is -2.89. The maximum absolute atomic E-state index is 13.6. The molecule has 0 aliphatic rings. The largest absolute Gasteiger partial charge is 0.377 e. The lowest BCUT2D eigenvalue weighted by Gasteiger charge is -2.26. The predicted octanol–water partition coefficient (Wildman–Crippen LogP) is 5.21. The molecule has 0 fully saturated rings. The Morgan fingerprint density at radius 2 is 1.74 bits per heavy atom. The molecule has 0 bridgehead atoms. The van der Waals surface area contributed by atoms with Crippen LogP contribution in [0.5, 0.6) is 0 Å². The van der Waals surface area contributed by atoms with Gasteiger partial charge in [0, 0.05) is 51.4 Å². The molecule has 0 aromatic heterocycles. The first-order valence-corrected chi connectivity index (χ1v) is 10.6. The zero-order valence-corrected chi connectivity index (χ0v) is 19.5. The van der Waals surface area contributed by atoms with Crippen molar-refractivity contribution in [3.05, 3.63) is 59.4 Å². The highest BCUT2D eigenvalue weighted by Crippen LogP contribution is 2.26. The molecule has 6 heteroatoms. The van der Waals surface area contributed by atoms with Crippen LogP contribution in [-0.4, -0.2) is 30.8 Å². The maximum atomic E-state index is 13.6. The molecule has 0 spiro atoms. The van der Waals surface area contributed by atoms with E-state index in [9.17, 15) is 14.0 Å². The fourth-order valence-corrected chi connectivity index (χ4v) is 3.43. The van der Waals surface area contributed by atoms with Crippen molar-refractivity contribution in [3.63, 3.8) is 0 Å². The smallest absolute Gasteiger partial charge is 0.224 e. The molecule has 2 aromatic carbocycles. The summed E-state index contributed by atoms with van der Waals surface area (Å²) >= 11 is 0. The van der Waals surface area contributed by atoms with Gasteiger partial charge in [0.15, 0.2) is 0 Å². The number of carbonyl (C=O) groups is 2. The molecule has 31 heavy (non-hydrogen) atoms. The molecule has 0 unspecified atom stereocenters. The Labute approximate surface area is 185 Å². The van der Waals surface area contributed by atoms with E-state index in [1.807, 2.05) is 71.0 Å². The quantitative estimate of drug-likeness (QED) is 0.630. The molecule has 0 aliphatic heterocycles. The van der Waals surface area contributed by atoms with E-state index in [4.69, 9.17) is 0 Å². The fourth-order valence-electron chi connectivity index (χ4n) is 3.43. The van der Waals surface area contributed by atoms with Crippen LogP contribution in [0.25, 0.3) is 0 Å². The van der Waals surface area contributed by atoms with Gasteiger partial charge in [-0.1, -0.05) is 39.8 Å². The van der Waals surface area contributed by atoms with E-state index in [0.717, 1.165) is 16.8 Å². The Morgan fingerprint density at radius 3 is 2.32 bits per heavy atom. The van der Waals surface area contributed by atoms with Gasteiger partial charge >= 0.3 is 0 Å². The van der Waals surface area contributed by atoms with Gasteiger partial charge in [-0.3, -0.25) is 9.59 Å². The third-order valence-electron chi connectivity index (χ3n) is 4.81. The van der Waals surface area contributed by atoms with Gasteiger partial charge in [-0.2, -0.15) is 0 Å². The first-order valence-electron chi connectivity index (χ1n) is 10.6. The number of anilines is 2. The van der Waals surface area contributed by atoms with Gasteiger partial charge in [0.05, 0.1) is 0 Å². The molecule has 2 amide bonds. The van der Waals surface area contributed by atoms with E-state index in [0.29, 0.717) is 31.6 Å². The minimum absolute atomic E-state index is 0.0175. The number of nitrogens with one attached hydrogen (secondary N) is 1. The standard InChI is InChI=1S/C25H34FN3O2/c1-7-24(31)29(16-18-9-8-10-20(26)13-18)17-19-14-21(11-12-22(19)28(5)6)27-23(30)15-25(2,3)4/h8-14H,7,15-17H2,1-6H3,(H,27,30). The average molecular weight is 428 g/mol. The number of rotatable bonds is 8. The summed E-state index contributed by atoms with van der Waals surface area (Å²) in [6.07, 6.45) is 0.770. The van der Waals surface area contributed by atoms with Crippen LogP contribution in [0.3, 0.4) is 0 Å². The number of carbonyl (C=O) groups excluding carboxylic acids is 2. The number of amides is 2. The molecule has 1 N–H and O–H groups in total. The Bertz CT molecular complexity index is 919. The van der Waals surface area contributed by atoms with E-state index in [-0.39, 0.29) is 23.0 Å². The third kappa shape index (κ3) is 7.70. The van der Waals surface area contributed by atoms with Crippen molar-refractivity contribution in [2.45, 2.75) is 53.6 Å². The monoisotopic (exact) mass is 427 g/mol. The van der Waals surface area contributed by atoms with Crippen molar-refractivity contribution < 1.29 is 14.0 Å². The minimum Gasteiger partial charge on any atom is -0.377 e. The van der Waals surface area contributed by atoms with Crippen LogP contribution in [0.1, 0.15) is 51.7 Å². The van der Waals surface area contributed by atoms with Crippen molar-refractivity contribution in [2.24, 2.45) is 5.41 Å². The number of halogens is 1. The van der Waals surface area contributed by atoms with Gasteiger partial charge in [0.25, 0.3) is 0 Å². The van der Waals surface area contributed by atoms with Crippen molar-refractivity contribution in [3.8, 4) is 0 Å². The molecule has 0 atom stereocenters. The third-order valence-corrected chi connectivity index (χ3v) is 4.81. The van der Waals surface area contributed by atoms with Crippen LogP contribution in [0.15, 0.2) is 42.5 Å². The highest BCUT2D eigenvalue weighted by molar-refractivity contribution is 5.91. The Balaban J connectivity index is 2.30. The summed E-state index contributed by atoms with van der Waals surface area (Å²) in [6.45, 7) is 8.56. The van der Waals surface area contributed by atoms with E-state index >= 15 is 0 Å². The molecule has 2 aromatic rings. The summed E-state index contributed by atoms with van der Waals surface area (Å²) < 4.78 is 13.6. The molecule has 168 valence electrons. The first-order chi connectivity index (χ1) is 14.5. The van der Waals surface area contributed by atoms with Crippen LogP contribution >= 0.6 is 0 Å². The summed E-state index contributed by atoms with van der Waals surface area (Å²) in [6, 6.07) is 12.0. The van der Waals surface area contributed by atoms with Gasteiger partial charge in [0.2, 0.25) is 11.8 Å². The summed E-state index contributed by atoms with van der Waals surface area (Å²) in [7, 11) is 3.88. The zero-order chi connectivity index (χ0) is 23.2. The molecular formula is C25H34FN3O2. The maximum Gasteiger partial charge on any atom is 0.224 e. The molecular weight excluding hydrogens is 393 g/mol. The molecule has 0 radical (unpaired) electrons. The highest BCUT2D eigenvalue weighted by atomic mass is 19.1. The number of hydrogen-bond donors (Lipinski definition) is 1. The van der Waals surface area contributed by atoms with Crippen LogP contribution in [0.2, 0.25) is 0 Å². The lowest BCUT2D eigenvalue weighted by Crippen LogP contribution is -2.30. The number of benzene rings is 2. The number of hydrogen-bond acceptors (Lipinski definition) is 3. The van der Waals surface area contributed by atoms with Gasteiger partial charge in [-0.15, -0.1) is 0 Å². The van der Waals surface area contributed by atoms with Crippen LogP contribution in [0.4, 0.5) is 15.8 Å². The molecule has 0 aliphatic carbocycles. The lowest BCUT2D eigenvalue weighted by atomic mass is 9.92. The molecule has 2 rings (SSSR count). The second-order valence-electron chi connectivity index (χ2n) is 9.26. The van der Waals surface area contributed by atoms with E-state index in [1.54, 1.807) is 11.0 Å². The Morgan fingerprint density at radius 1 is 1.03 bits per heavy atom. The van der Waals surface area contributed by atoms with E-state index < -0.39 is 0 Å². The second kappa shape index (κ2) is 10.4. The topological polar surface area (TPSA) is 52.7 Å². The van der Waals surface area contributed by atoms with Gasteiger partial charge in [0.1, 0.15) is 5.82 Å². The van der Waals surface area contributed by atoms with Crippen molar-refractivity contribution >= 4 is 23.2 Å². The van der Waals surface area contributed by atoms with Gasteiger partial charge in [-0.05, 0) is 46.9 Å². The molecule has 0 heterocycles. The van der Waals surface area contributed by atoms with E-state index in [2.05, 4.69) is 5.32 Å². The predicted molar refractivity (Wildman–Crippen MR) is 124 cm³/mol. The first kappa shape index (κ1) is 24.4. The summed E-state index contributed by atoms with van der Waals surface area (Å²) in [4.78, 5) is 28.7. The molecule has 0 saturated carbocycles. The van der Waals surface area contributed by atoms with Crippen LogP contribution < -0.4 is 10.2 Å². The summed E-state index contributed by atoms with van der Waals surface area (Å²) in [5.41, 5.74) is 3.21. The zero-order valence-electron chi connectivity index (χ0n) is 19.5. The summed E-state index contributed by atoms with van der Waals surface area (Å²) in [5.74, 6) is -0.382. The van der Waals surface area contributed by atoms with Crippen molar-refractivity contribution in [1.82, 2.24) is 4.90 Å². The SMILES string of the molecule is CCC(=O)N(Cc1cccc(F)c1)Cc1cc(NC(=O)CC(C)(C)C)ccc1N(C)C. The summed E-state index contributed by atoms with van der Waals surface area (Å²) in [5, 5.41) is 2.97. The normalized spacial score (nSPS) is 11.2. The average Bonchev–Trinajstić information content (AvgIpc) is 2.65. The molecule has 5 nitrogen and oxygen atoms in total. The van der Waals surface area contributed by atoms with Gasteiger partial charge < -0.3 is 15.1 Å².